The average Bonchev–Trinajstić information content (AvgIpc) is 3.22. The van der Waals surface area contributed by atoms with Gasteiger partial charge in [0.25, 0.3) is 15.7 Å². The number of hydrogen-bond donors (Lipinski definition) is 2. The maximum absolute atomic E-state index is 13.7. The fourth-order valence-electron chi connectivity index (χ4n) is 7.00. The number of benzene rings is 5. The fraction of sp³-hybridized carbons (Fsp3) is 0.256. The molecule has 58 heavy (non-hydrogen) atoms. The van der Waals surface area contributed by atoms with Gasteiger partial charge >= 0.3 is 0 Å². The van der Waals surface area contributed by atoms with Gasteiger partial charge in [-0.1, -0.05) is 66.2 Å². The Balaban J connectivity index is 1.03. The number of fused-ring (bicyclic) bond motifs is 1. The standard InChI is InChI=1S/C43H45ClN8O4S2/c1-49(2)20-19-34(29-57-36-11-7-4-8-12-36)47-40-18-15-37(27-42(40)52(53)54)58(55,56)48-43-39-17-14-35(26-41(39)45-30-46-43)51-23-21-50(22-24-51)28-32-25-33(44)13-16-38(32)31-9-5-3-6-10-31/h3-18,25-27,30,34,47H,19-24,28-29H2,1-2H3,(H,45,46,48). The van der Waals surface area contributed by atoms with E-state index >= 15 is 0 Å². The summed E-state index contributed by atoms with van der Waals surface area (Å²) in [5, 5.41) is 16.9. The molecule has 0 saturated carbocycles. The lowest BCUT2D eigenvalue weighted by atomic mass is 9.99. The van der Waals surface area contributed by atoms with Crippen molar-refractivity contribution in [1.82, 2.24) is 19.8 Å². The zero-order chi connectivity index (χ0) is 40.6. The molecule has 15 heteroatoms. The minimum atomic E-state index is -4.27. The summed E-state index contributed by atoms with van der Waals surface area (Å²) in [6.45, 7) is 4.82. The van der Waals surface area contributed by atoms with Crippen LogP contribution in [0.2, 0.25) is 5.02 Å². The summed E-state index contributed by atoms with van der Waals surface area (Å²) in [5.41, 5.74) is 4.98. The normalized spacial score (nSPS) is 14.1. The van der Waals surface area contributed by atoms with Gasteiger partial charge in [0.1, 0.15) is 12.0 Å². The van der Waals surface area contributed by atoms with Crippen LogP contribution in [0.15, 0.2) is 131 Å². The van der Waals surface area contributed by atoms with E-state index in [4.69, 9.17) is 11.6 Å². The maximum atomic E-state index is 13.7. The number of nitro benzene ring substituents is 1. The quantitative estimate of drug-likeness (QED) is 0.0552. The summed E-state index contributed by atoms with van der Waals surface area (Å²) >= 11 is 8.08. The SMILES string of the molecule is CN(C)CCC(CSc1ccccc1)Nc1ccc(S(=O)(=O)Nc2ncnc3cc(N4CCN(Cc5cc(Cl)ccc5-c5ccccc5)CC4)ccc23)cc1[N+](=O)[O-]. The van der Waals surface area contributed by atoms with E-state index in [0.717, 1.165) is 67.9 Å². The van der Waals surface area contributed by atoms with Crippen molar-refractivity contribution in [2.24, 2.45) is 0 Å². The molecule has 6 aromatic rings. The van der Waals surface area contributed by atoms with Crippen LogP contribution in [0.5, 0.6) is 0 Å². The van der Waals surface area contributed by atoms with Crippen LogP contribution in [0.25, 0.3) is 22.0 Å². The predicted octanol–water partition coefficient (Wildman–Crippen LogP) is 8.51. The first-order chi connectivity index (χ1) is 28.0. The van der Waals surface area contributed by atoms with Gasteiger partial charge < -0.3 is 15.1 Å². The van der Waals surface area contributed by atoms with E-state index in [1.165, 1.54) is 29.6 Å². The third-order valence-corrected chi connectivity index (χ3v) is 12.8. The Hall–Kier alpha value is -5.25. The minimum Gasteiger partial charge on any atom is -0.376 e. The fourth-order valence-corrected chi connectivity index (χ4v) is 9.24. The van der Waals surface area contributed by atoms with E-state index in [1.54, 1.807) is 11.8 Å². The molecule has 300 valence electrons. The van der Waals surface area contributed by atoms with Crippen molar-refractivity contribution in [1.29, 1.82) is 0 Å². The zero-order valence-corrected chi connectivity index (χ0v) is 34.7. The number of halogens is 1. The topological polar surface area (TPSA) is 137 Å². The third kappa shape index (κ3) is 10.2. The summed E-state index contributed by atoms with van der Waals surface area (Å²) in [7, 11) is -0.315. The first kappa shape index (κ1) is 40.9. The Morgan fingerprint density at radius 2 is 1.64 bits per heavy atom. The molecule has 7 rings (SSSR count). The lowest BCUT2D eigenvalue weighted by molar-refractivity contribution is -0.384. The van der Waals surface area contributed by atoms with Crippen LogP contribution >= 0.6 is 23.4 Å². The van der Waals surface area contributed by atoms with Crippen LogP contribution in [0.3, 0.4) is 0 Å². The highest BCUT2D eigenvalue weighted by molar-refractivity contribution is 7.99. The molecule has 2 heterocycles. The number of aromatic nitrogens is 2. The van der Waals surface area contributed by atoms with Crippen molar-refractivity contribution in [3.8, 4) is 11.1 Å². The second-order valence-corrected chi connectivity index (χ2v) is 17.7. The van der Waals surface area contributed by atoms with Crippen molar-refractivity contribution in [3.63, 3.8) is 0 Å². The van der Waals surface area contributed by atoms with Crippen molar-refractivity contribution in [2.45, 2.75) is 28.8 Å². The van der Waals surface area contributed by atoms with Gasteiger partial charge in [-0.2, -0.15) is 0 Å². The highest BCUT2D eigenvalue weighted by Gasteiger charge is 2.25. The number of thioether (sulfide) groups is 1. The Morgan fingerprint density at radius 3 is 2.36 bits per heavy atom. The molecule has 0 amide bonds. The molecular weight excluding hydrogens is 792 g/mol. The number of rotatable bonds is 16. The number of anilines is 3. The molecule has 1 unspecified atom stereocenters. The van der Waals surface area contributed by atoms with Gasteiger partial charge in [-0.05, 0) is 98.3 Å². The summed E-state index contributed by atoms with van der Waals surface area (Å²) < 4.78 is 30.0. The van der Waals surface area contributed by atoms with E-state index in [2.05, 4.69) is 59.0 Å². The molecule has 1 aliphatic rings. The van der Waals surface area contributed by atoms with Crippen molar-refractivity contribution in [2.75, 3.05) is 67.5 Å². The van der Waals surface area contributed by atoms with E-state index < -0.39 is 14.9 Å². The smallest absolute Gasteiger partial charge is 0.293 e. The van der Waals surface area contributed by atoms with Gasteiger partial charge in [0.05, 0.1) is 15.3 Å². The van der Waals surface area contributed by atoms with Gasteiger partial charge in [0, 0.05) is 71.6 Å². The molecule has 0 spiro atoms. The molecule has 2 N–H and O–H groups in total. The Labute approximate surface area is 348 Å². The third-order valence-electron chi connectivity index (χ3n) is 10.1. The minimum absolute atomic E-state index is 0.0867. The van der Waals surface area contributed by atoms with Crippen LogP contribution < -0.4 is 14.9 Å². The monoisotopic (exact) mass is 836 g/mol. The molecule has 0 aliphatic carbocycles. The summed E-state index contributed by atoms with van der Waals surface area (Å²) in [4.78, 5) is 28.1. The molecule has 1 saturated heterocycles. The average molecular weight is 837 g/mol. The highest BCUT2D eigenvalue weighted by atomic mass is 35.5. The van der Waals surface area contributed by atoms with Crippen LogP contribution in [0, 0.1) is 10.1 Å². The van der Waals surface area contributed by atoms with Crippen molar-refractivity contribution >= 4 is 67.2 Å². The Bertz CT molecular complexity index is 2470. The molecule has 1 aliphatic heterocycles. The number of nitrogens with one attached hydrogen (secondary N) is 2. The lowest BCUT2D eigenvalue weighted by Gasteiger charge is -2.36. The molecule has 5 aromatic carbocycles. The number of piperazine rings is 1. The first-order valence-corrected chi connectivity index (χ1v) is 21.8. The van der Waals surface area contributed by atoms with Crippen LogP contribution in [-0.2, 0) is 16.6 Å². The number of hydrogen-bond acceptors (Lipinski definition) is 11. The summed E-state index contributed by atoms with van der Waals surface area (Å²) in [5.74, 6) is 0.749. The number of nitro groups is 1. The van der Waals surface area contributed by atoms with Crippen LogP contribution in [0.1, 0.15) is 12.0 Å². The Kier molecular flexibility index (Phi) is 13.1. The van der Waals surface area contributed by atoms with Crippen molar-refractivity contribution in [3.05, 3.63) is 142 Å². The van der Waals surface area contributed by atoms with Gasteiger partial charge in [-0.15, -0.1) is 11.8 Å². The number of sulfonamides is 1. The molecular formula is C43H45ClN8O4S2. The lowest BCUT2D eigenvalue weighted by Crippen LogP contribution is -2.46. The molecule has 1 fully saturated rings. The molecule has 0 radical (unpaired) electrons. The van der Waals surface area contributed by atoms with Gasteiger partial charge in [0.15, 0.2) is 5.82 Å². The largest absolute Gasteiger partial charge is 0.376 e. The zero-order valence-electron chi connectivity index (χ0n) is 32.3. The Morgan fingerprint density at radius 1 is 0.897 bits per heavy atom. The predicted molar refractivity (Wildman–Crippen MR) is 236 cm³/mol. The summed E-state index contributed by atoms with van der Waals surface area (Å²) in [6.07, 6.45) is 2.04. The first-order valence-electron chi connectivity index (χ1n) is 19.0. The molecule has 1 atom stereocenters. The van der Waals surface area contributed by atoms with Crippen LogP contribution in [0.4, 0.5) is 22.9 Å². The maximum Gasteiger partial charge on any atom is 0.293 e. The molecule has 0 bridgehead atoms. The molecule has 12 nitrogen and oxygen atoms in total. The van der Waals surface area contributed by atoms with Gasteiger partial charge in [-0.3, -0.25) is 19.7 Å². The summed E-state index contributed by atoms with van der Waals surface area (Å²) in [6, 6.07) is 35.8. The van der Waals surface area contributed by atoms with Crippen LogP contribution in [-0.4, -0.2) is 91.7 Å². The highest BCUT2D eigenvalue weighted by Crippen LogP contribution is 2.33. The van der Waals surface area contributed by atoms with Gasteiger partial charge in [-0.25, -0.2) is 18.4 Å². The van der Waals surface area contributed by atoms with Gasteiger partial charge in [0.2, 0.25) is 0 Å². The second kappa shape index (κ2) is 18.6. The van der Waals surface area contributed by atoms with E-state index in [0.29, 0.717) is 21.7 Å². The van der Waals surface area contributed by atoms with E-state index in [1.807, 2.05) is 86.9 Å². The molecule has 1 aromatic heterocycles. The van der Waals surface area contributed by atoms with Crippen molar-refractivity contribution < 1.29 is 13.3 Å². The van der Waals surface area contributed by atoms with E-state index in [9.17, 15) is 18.5 Å². The number of nitrogens with zero attached hydrogens (tertiary/aromatic N) is 6. The second-order valence-electron chi connectivity index (χ2n) is 14.5. The van der Waals surface area contributed by atoms with E-state index in [-0.39, 0.29) is 28.1 Å².